The Morgan fingerprint density at radius 2 is 2.00 bits per heavy atom. The van der Waals surface area contributed by atoms with Crippen LogP contribution in [-0.4, -0.2) is 41.3 Å². The Kier molecular flexibility index (Phi) is 2.68. The number of aliphatic hydroxyl groups is 1. The number of fused-ring (bicyclic) bond motifs is 1. The standard InChI is InChI=1S/C12H16N4O/c17-9-1-2-10-11(7-9)14-8-15-12(10)16-5-3-13-4-6-16/h7-8,13,17H,1-6H2. The van der Waals surface area contributed by atoms with E-state index in [1.165, 1.54) is 5.56 Å². The maximum absolute atomic E-state index is 9.53. The van der Waals surface area contributed by atoms with Crippen LogP contribution < -0.4 is 10.2 Å². The number of nitrogens with one attached hydrogen (secondary N) is 1. The predicted molar refractivity (Wildman–Crippen MR) is 66.0 cm³/mol. The normalized spacial score (nSPS) is 19.8. The molecule has 0 amide bonds. The van der Waals surface area contributed by atoms with Gasteiger partial charge in [0.1, 0.15) is 12.1 Å². The van der Waals surface area contributed by atoms with Crippen LogP contribution in [0.25, 0.3) is 6.08 Å². The van der Waals surface area contributed by atoms with Gasteiger partial charge in [-0.2, -0.15) is 0 Å². The molecule has 1 aromatic rings. The second-order valence-electron chi connectivity index (χ2n) is 4.43. The Balaban J connectivity index is 1.97. The molecule has 1 saturated heterocycles. The third kappa shape index (κ3) is 1.98. The van der Waals surface area contributed by atoms with Gasteiger partial charge in [-0.05, 0) is 6.42 Å². The summed E-state index contributed by atoms with van der Waals surface area (Å²) in [7, 11) is 0. The summed E-state index contributed by atoms with van der Waals surface area (Å²) in [6, 6.07) is 0. The van der Waals surface area contributed by atoms with Gasteiger partial charge < -0.3 is 15.3 Å². The third-order valence-electron chi connectivity index (χ3n) is 3.31. The first-order valence-electron chi connectivity index (χ1n) is 6.03. The number of anilines is 1. The fraction of sp³-hybridized carbons (Fsp3) is 0.500. The summed E-state index contributed by atoms with van der Waals surface area (Å²) in [5.41, 5.74) is 2.05. The van der Waals surface area contributed by atoms with Crippen LogP contribution in [0.1, 0.15) is 17.7 Å². The van der Waals surface area contributed by atoms with Crippen LogP contribution >= 0.6 is 0 Å². The molecule has 17 heavy (non-hydrogen) atoms. The molecule has 1 aliphatic heterocycles. The molecule has 2 N–H and O–H groups in total. The number of hydrogen-bond acceptors (Lipinski definition) is 5. The Morgan fingerprint density at radius 3 is 2.82 bits per heavy atom. The maximum atomic E-state index is 9.53. The number of aromatic nitrogens is 2. The van der Waals surface area contributed by atoms with Crippen LogP contribution in [0, 0.1) is 0 Å². The molecule has 0 unspecified atom stereocenters. The van der Waals surface area contributed by atoms with Gasteiger partial charge in [0.05, 0.1) is 11.5 Å². The molecule has 0 aromatic carbocycles. The van der Waals surface area contributed by atoms with Gasteiger partial charge in [0.2, 0.25) is 0 Å². The van der Waals surface area contributed by atoms with E-state index >= 15 is 0 Å². The van der Waals surface area contributed by atoms with Gasteiger partial charge in [-0.15, -0.1) is 0 Å². The zero-order chi connectivity index (χ0) is 11.7. The fourth-order valence-electron chi connectivity index (χ4n) is 2.41. The van der Waals surface area contributed by atoms with Gasteiger partial charge >= 0.3 is 0 Å². The zero-order valence-electron chi connectivity index (χ0n) is 9.69. The van der Waals surface area contributed by atoms with Crippen LogP contribution in [0.3, 0.4) is 0 Å². The van der Waals surface area contributed by atoms with Crippen molar-refractivity contribution in [1.82, 2.24) is 15.3 Å². The number of piperazine rings is 1. The predicted octanol–water partition coefficient (Wildman–Crippen LogP) is 0.731. The van der Waals surface area contributed by atoms with E-state index in [1.54, 1.807) is 12.4 Å². The average molecular weight is 232 g/mol. The lowest BCUT2D eigenvalue weighted by Crippen LogP contribution is -2.44. The third-order valence-corrected chi connectivity index (χ3v) is 3.31. The van der Waals surface area contributed by atoms with Crippen molar-refractivity contribution in [2.24, 2.45) is 0 Å². The Labute approximate surface area is 100 Å². The molecular formula is C12H16N4O. The van der Waals surface area contributed by atoms with Crippen molar-refractivity contribution in [2.45, 2.75) is 12.8 Å². The van der Waals surface area contributed by atoms with Gasteiger partial charge in [-0.3, -0.25) is 0 Å². The van der Waals surface area contributed by atoms with Crippen molar-refractivity contribution in [3.63, 3.8) is 0 Å². The molecular weight excluding hydrogens is 216 g/mol. The van der Waals surface area contributed by atoms with Crippen LogP contribution in [-0.2, 0) is 6.42 Å². The molecule has 0 saturated carbocycles. The van der Waals surface area contributed by atoms with Crippen molar-refractivity contribution >= 4 is 11.9 Å². The van der Waals surface area contributed by atoms with Gasteiger partial charge in [0.15, 0.2) is 0 Å². The highest BCUT2D eigenvalue weighted by atomic mass is 16.3. The van der Waals surface area contributed by atoms with Crippen molar-refractivity contribution in [2.75, 3.05) is 31.1 Å². The molecule has 2 heterocycles. The quantitative estimate of drug-likeness (QED) is 0.747. The molecule has 3 rings (SSSR count). The summed E-state index contributed by atoms with van der Waals surface area (Å²) in [6.45, 7) is 3.97. The van der Waals surface area contributed by atoms with Crippen LogP contribution in [0.4, 0.5) is 5.82 Å². The van der Waals surface area contributed by atoms with E-state index in [0.717, 1.165) is 44.1 Å². The first-order chi connectivity index (χ1) is 8.34. The molecule has 1 fully saturated rings. The minimum absolute atomic E-state index is 0.419. The summed E-state index contributed by atoms with van der Waals surface area (Å²) in [5.74, 6) is 1.46. The van der Waals surface area contributed by atoms with E-state index in [2.05, 4.69) is 20.2 Å². The molecule has 5 heteroatoms. The number of aliphatic hydroxyl groups excluding tert-OH is 1. The van der Waals surface area contributed by atoms with Crippen LogP contribution in [0.15, 0.2) is 12.1 Å². The highest BCUT2D eigenvalue weighted by Crippen LogP contribution is 2.27. The highest BCUT2D eigenvalue weighted by Gasteiger charge is 2.20. The Hall–Kier alpha value is -1.62. The van der Waals surface area contributed by atoms with Crippen LogP contribution in [0.2, 0.25) is 0 Å². The summed E-state index contributed by atoms with van der Waals surface area (Å²) in [4.78, 5) is 11.0. The van der Waals surface area contributed by atoms with Gasteiger partial charge in [0, 0.05) is 44.2 Å². The molecule has 5 nitrogen and oxygen atoms in total. The number of rotatable bonds is 1. The highest BCUT2D eigenvalue weighted by molar-refractivity contribution is 5.62. The van der Waals surface area contributed by atoms with Crippen LogP contribution in [0.5, 0.6) is 0 Å². The van der Waals surface area contributed by atoms with Crippen molar-refractivity contribution in [3.8, 4) is 0 Å². The number of hydrogen-bond donors (Lipinski definition) is 2. The second kappa shape index (κ2) is 4.33. The molecule has 1 aliphatic carbocycles. The maximum Gasteiger partial charge on any atom is 0.135 e. The summed E-state index contributed by atoms with van der Waals surface area (Å²) < 4.78 is 0. The minimum Gasteiger partial charge on any atom is -0.512 e. The first-order valence-corrected chi connectivity index (χ1v) is 6.03. The second-order valence-corrected chi connectivity index (χ2v) is 4.43. The lowest BCUT2D eigenvalue weighted by molar-refractivity contribution is 0.391. The summed E-state index contributed by atoms with van der Waals surface area (Å²) in [6.07, 6.45) is 4.87. The molecule has 1 aromatic heterocycles. The van der Waals surface area contributed by atoms with E-state index in [0.29, 0.717) is 12.2 Å². The molecule has 2 aliphatic rings. The van der Waals surface area contributed by atoms with E-state index < -0.39 is 0 Å². The fourth-order valence-corrected chi connectivity index (χ4v) is 2.41. The van der Waals surface area contributed by atoms with E-state index in [1.807, 2.05) is 0 Å². The van der Waals surface area contributed by atoms with Crippen molar-refractivity contribution < 1.29 is 5.11 Å². The van der Waals surface area contributed by atoms with Gasteiger partial charge in [0.25, 0.3) is 0 Å². The smallest absolute Gasteiger partial charge is 0.135 e. The summed E-state index contributed by atoms with van der Waals surface area (Å²) in [5, 5.41) is 12.9. The molecule has 0 radical (unpaired) electrons. The molecule has 90 valence electrons. The van der Waals surface area contributed by atoms with E-state index in [-0.39, 0.29) is 0 Å². The molecule has 0 spiro atoms. The lowest BCUT2D eigenvalue weighted by atomic mass is 10.0. The SMILES string of the molecule is OC1=Cc2ncnc(N3CCNCC3)c2CC1. The minimum atomic E-state index is 0.419. The molecule has 0 bridgehead atoms. The Bertz CT molecular complexity index is 452. The van der Waals surface area contributed by atoms with E-state index in [4.69, 9.17) is 0 Å². The monoisotopic (exact) mass is 232 g/mol. The average Bonchev–Trinajstić information content (AvgIpc) is 2.39. The first kappa shape index (κ1) is 10.5. The Morgan fingerprint density at radius 1 is 1.18 bits per heavy atom. The number of nitrogens with zero attached hydrogens (tertiary/aromatic N) is 3. The van der Waals surface area contributed by atoms with E-state index in [9.17, 15) is 5.11 Å². The summed E-state index contributed by atoms with van der Waals surface area (Å²) >= 11 is 0. The van der Waals surface area contributed by atoms with Gasteiger partial charge in [-0.25, -0.2) is 9.97 Å². The van der Waals surface area contributed by atoms with Gasteiger partial charge in [-0.1, -0.05) is 0 Å². The topological polar surface area (TPSA) is 61.3 Å². The molecule has 0 atom stereocenters. The largest absolute Gasteiger partial charge is 0.512 e. The zero-order valence-corrected chi connectivity index (χ0v) is 9.69. The van der Waals surface area contributed by atoms with Crippen molar-refractivity contribution in [1.29, 1.82) is 0 Å². The number of allylic oxidation sites excluding steroid dienone is 1. The van der Waals surface area contributed by atoms with Crippen molar-refractivity contribution in [3.05, 3.63) is 23.3 Å². The lowest BCUT2D eigenvalue weighted by Gasteiger charge is -2.30.